The highest BCUT2D eigenvalue weighted by Gasteiger charge is 2.24. The number of carbonyl (C=O) groups excluding carboxylic acids is 1. The molecule has 6 nitrogen and oxygen atoms in total. The Morgan fingerprint density at radius 2 is 1.88 bits per heavy atom. The first-order valence-corrected chi connectivity index (χ1v) is 11.8. The number of likely N-dealkylation sites (tertiary alicyclic amines) is 1. The number of ether oxygens (including phenoxy) is 1. The van der Waals surface area contributed by atoms with Gasteiger partial charge in [-0.15, -0.1) is 10.2 Å². The van der Waals surface area contributed by atoms with E-state index in [9.17, 15) is 9.18 Å². The fraction of sp³-hybridized carbons (Fsp3) is 0.375. The summed E-state index contributed by atoms with van der Waals surface area (Å²) in [6.07, 6.45) is 2.49. The number of nitrogens with zero attached hydrogens (tertiary/aromatic N) is 3. The number of halogens is 1. The lowest BCUT2D eigenvalue weighted by molar-refractivity contribution is -0.129. The molecule has 1 fully saturated rings. The first-order chi connectivity index (χ1) is 15.6. The monoisotopic (exact) mass is 455 g/mol. The normalized spacial score (nSPS) is 15.5. The van der Waals surface area contributed by atoms with Crippen LogP contribution in [0.15, 0.2) is 64.2 Å². The predicted molar refractivity (Wildman–Crippen MR) is 120 cm³/mol. The second kappa shape index (κ2) is 10.6. The fourth-order valence-electron chi connectivity index (χ4n) is 3.77. The third-order valence-electron chi connectivity index (χ3n) is 5.56. The number of para-hydroxylation sites is 1. The molecule has 0 aliphatic carbocycles. The second-order valence-corrected chi connectivity index (χ2v) is 8.83. The summed E-state index contributed by atoms with van der Waals surface area (Å²) in [5.41, 5.74) is 1.35. The molecule has 3 aromatic rings. The van der Waals surface area contributed by atoms with Gasteiger partial charge in [0.1, 0.15) is 0 Å². The Kier molecular flexibility index (Phi) is 7.42. The van der Waals surface area contributed by atoms with E-state index in [4.69, 9.17) is 9.15 Å². The smallest absolute Gasteiger partial charge is 0.277 e. The molecule has 1 atom stereocenters. The van der Waals surface area contributed by atoms with Crippen LogP contribution in [0.5, 0.6) is 5.75 Å². The van der Waals surface area contributed by atoms with E-state index in [1.165, 1.54) is 23.4 Å². The standard InChI is InChI=1S/C24H26FN3O3S/c1-17(30-21-10-6-5-9-20(21)25)23-26-27-24(31-23)32-16-22(29)28-13-11-19(12-14-28)15-18-7-3-2-4-8-18/h2-10,17,19H,11-16H2,1H3/t17-/m0/s1. The number of amides is 1. The molecule has 1 aliphatic rings. The van der Waals surface area contributed by atoms with E-state index >= 15 is 0 Å². The Morgan fingerprint density at radius 1 is 1.16 bits per heavy atom. The van der Waals surface area contributed by atoms with Crippen molar-refractivity contribution in [3.05, 3.63) is 71.9 Å². The number of thioether (sulfide) groups is 1. The molecule has 1 saturated heterocycles. The quantitative estimate of drug-likeness (QED) is 0.449. The summed E-state index contributed by atoms with van der Waals surface area (Å²) < 4.78 is 24.9. The van der Waals surface area contributed by atoms with Crippen LogP contribution in [0.2, 0.25) is 0 Å². The van der Waals surface area contributed by atoms with Crippen molar-refractivity contribution >= 4 is 17.7 Å². The van der Waals surface area contributed by atoms with E-state index in [0.29, 0.717) is 11.1 Å². The maximum absolute atomic E-state index is 13.8. The molecule has 1 aliphatic heterocycles. The van der Waals surface area contributed by atoms with E-state index in [0.717, 1.165) is 32.4 Å². The Labute approximate surface area is 191 Å². The van der Waals surface area contributed by atoms with Gasteiger partial charge in [0.05, 0.1) is 5.75 Å². The molecule has 168 valence electrons. The highest BCUT2D eigenvalue weighted by Crippen LogP contribution is 2.26. The minimum Gasteiger partial charge on any atom is -0.478 e. The van der Waals surface area contributed by atoms with E-state index in [-0.39, 0.29) is 23.3 Å². The molecule has 0 radical (unpaired) electrons. The number of piperidine rings is 1. The molecule has 4 rings (SSSR count). The van der Waals surface area contributed by atoms with Gasteiger partial charge in [-0.05, 0) is 49.8 Å². The summed E-state index contributed by atoms with van der Waals surface area (Å²) in [4.78, 5) is 14.5. The van der Waals surface area contributed by atoms with Crippen molar-refractivity contribution in [2.24, 2.45) is 5.92 Å². The first kappa shape index (κ1) is 22.3. The van der Waals surface area contributed by atoms with Crippen LogP contribution >= 0.6 is 11.8 Å². The number of hydrogen-bond donors (Lipinski definition) is 0. The van der Waals surface area contributed by atoms with Crippen molar-refractivity contribution in [2.45, 2.75) is 37.5 Å². The largest absolute Gasteiger partial charge is 0.478 e. The van der Waals surface area contributed by atoms with Gasteiger partial charge in [-0.2, -0.15) is 0 Å². The number of carbonyl (C=O) groups is 1. The van der Waals surface area contributed by atoms with Gasteiger partial charge in [0.25, 0.3) is 11.1 Å². The molecule has 0 N–H and O–H groups in total. The number of aromatic nitrogens is 2. The van der Waals surface area contributed by atoms with Crippen molar-refractivity contribution in [2.75, 3.05) is 18.8 Å². The van der Waals surface area contributed by atoms with Crippen LogP contribution in [-0.4, -0.2) is 39.8 Å². The minimum absolute atomic E-state index is 0.0727. The van der Waals surface area contributed by atoms with Crippen LogP contribution in [0.3, 0.4) is 0 Å². The summed E-state index contributed by atoms with van der Waals surface area (Å²) in [6, 6.07) is 16.7. The van der Waals surface area contributed by atoms with E-state index in [1.54, 1.807) is 25.1 Å². The van der Waals surface area contributed by atoms with E-state index in [2.05, 4.69) is 34.5 Å². The molecule has 0 bridgehead atoms. The molecule has 8 heteroatoms. The van der Waals surface area contributed by atoms with Crippen molar-refractivity contribution in [1.29, 1.82) is 0 Å². The maximum Gasteiger partial charge on any atom is 0.277 e. The maximum atomic E-state index is 13.8. The molecule has 0 unspecified atom stereocenters. The predicted octanol–water partition coefficient (Wildman–Crippen LogP) is 4.92. The highest BCUT2D eigenvalue weighted by atomic mass is 32.2. The summed E-state index contributed by atoms with van der Waals surface area (Å²) in [5.74, 6) is 0.843. The highest BCUT2D eigenvalue weighted by molar-refractivity contribution is 7.99. The molecular formula is C24H26FN3O3S. The van der Waals surface area contributed by atoms with Crippen LogP contribution in [0.1, 0.15) is 37.3 Å². The molecule has 0 saturated carbocycles. The third-order valence-corrected chi connectivity index (χ3v) is 6.37. The number of rotatable bonds is 8. The van der Waals surface area contributed by atoms with Crippen LogP contribution in [0.25, 0.3) is 0 Å². The van der Waals surface area contributed by atoms with Gasteiger partial charge < -0.3 is 14.1 Å². The average Bonchev–Trinajstić information content (AvgIpc) is 3.29. The molecule has 32 heavy (non-hydrogen) atoms. The van der Waals surface area contributed by atoms with E-state index in [1.807, 2.05) is 11.0 Å². The summed E-state index contributed by atoms with van der Waals surface area (Å²) >= 11 is 1.21. The molecule has 1 aromatic heterocycles. The molecule has 2 aromatic carbocycles. The Morgan fingerprint density at radius 3 is 2.62 bits per heavy atom. The molecule has 2 heterocycles. The number of hydrogen-bond acceptors (Lipinski definition) is 6. The Hall–Kier alpha value is -2.87. The molecule has 1 amide bonds. The van der Waals surface area contributed by atoms with Crippen LogP contribution in [-0.2, 0) is 11.2 Å². The Bertz CT molecular complexity index is 1020. The van der Waals surface area contributed by atoms with Gasteiger partial charge in [0.2, 0.25) is 5.91 Å². The second-order valence-electron chi connectivity index (χ2n) is 7.90. The minimum atomic E-state index is -0.604. The van der Waals surface area contributed by atoms with Gasteiger partial charge in [0.15, 0.2) is 17.7 Å². The van der Waals surface area contributed by atoms with Crippen molar-refractivity contribution in [1.82, 2.24) is 15.1 Å². The number of benzene rings is 2. The van der Waals surface area contributed by atoms with E-state index < -0.39 is 11.9 Å². The van der Waals surface area contributed by atoms with Crippen LogP contribution < -0.4 is 4.74 Å². The summed E-state index contributed by atoms with van der Waals surface area (Å²) in [7, 11) is 0. The van der Waals surface area contributed by atoms with Gasteiger partial charge in [-0.3, -0.25) is 4.79 Å². The SMILES string of the molecule is C[C@H](Oc1ccccc1F)c1nnc(SCC(=O)N2CCC(Cc3ccccc3)CC2)o1. The lowest BCUT2D eigenvalue weighted by Crippen LogP contribution is -2.39. The van der Waals surface area contributed by atoms with Crippen molar-refractivity contribution < 1.29 is 18.3 Å². The Balaban J connectivity index is 1.22. The zero-order valence-corrected chi connectivity index (χ0v) is 18.8. The zero-order valence-electron chi connectivity index (χ0n) is 17.9. The molecular weight excluding hydrogens is 429 g/mol. The zero-order chi connectivity index (χ0) is 22.3. The van der Waals surface area contributed by atoms with Gasteiger partial charge in [0, 0.05) is 13.1 Å². The third kappa shape index (κ3) is 5.88. The van der Waals surface area contributed by atoms with Crippen molar-refractivity contribution in [3.63, 3.8) is 0 Å². The van der Waals surface area contributed by atoms with Crippen LogP contribution in [0, 0.1) is 11.7 Å². The lowest BCUT2D eigenvalue weighted by atomic mass is 9.90. The van der Waals surface area contributed by atoms with Gasteiger partial charge in [-0.25, -0.2) is 4.39 Å². The summed E-state index contributed by atoms with van der Waals surface area (Å²) in [6.45, 7) is 3.26. The molecule has 0 spiro atoms. The van der Waals surface area contributed by atoms with Crippen molar-refractivity contribution in [3.8, 4) is 5.75 Å². The lowest BCUT2D eigenvalue weighted by Gasteiger charge is -2.32. The van der Waals surface area contributed by atoms with Gasteiger partial charge in [-0.1, -0.05) is 54.2 Å². The van der Waals surface area contributed by atoms with Gasteiger partial charge >= 0.3 is 0 Å². The topological polar surface area (TPSA) is 68.5 Å². The van der Waals surface area contributed by atoms with Crippen LogP contribution in [0.4, 0.5) is 4.39 Å². The average molecular weight is 456 g/mol. The summed E-state index contributed by atoms with van der Waals surface area (Å²) in [5, 5.41) is 8.25. The fourth-order valence-corrected chi connectivity index (χ4v) is 4.45. The first-order valence-electron chi connectivity index (χ1n) is 10.8.